The van der Waals surface area contributed by atoms with Crippen molar-refractivity contribution in [3.8, 4) is 0 Å². The molecule has 1 atom stereocenters. The Hall–Kier alpha value is -1.81. The Labute approximate surface area is 116 Å². The number of hydrogen-bond acceptors (Lipinski definition) is 2. The summed E-state index contributed by atoms with van der Waals surface area (Å²) in [6.07, 6.45) is 3.25. The zero-order valence-corrected chi connectivity index (χ0v) is 11.4. The summed E-state index contributed by atoms with van der Waals surface area (Å²) in [6.45, 7) is 0. The Morgan fingerprint density at radius 3 is 2.95 bits per heavy atom. The molecule has 0 saturated carbocycles. The first kappa shape index (κ1) is 12.2. The first-order valence-corrected chi connectivity index (χ1v) is 7.40. The SMILES string of the molecule is O=C(Nc1cccs1)NC1CCCc2ccccc21. The molecule has 0 fully saturated rings. The fourth-order valence-corrected chi connectivity index (χ4v) is 3.17. The van der Waals surface area contributed by atoms with Gasteiger partial charge in [0.15, 0.2) is 0 Å². The van der Waals surface area contributed by atoms with E-state index >= 15 is 0 Å². The quantitative estimate of drug-likeness (QED) is 0.854. The summed E-state index contributed by atoms with van der Waals surface area (Å²) in [7, 11) is 0. The van der Waals surface area contributed by atoms with Gasteiger partial charge in [0, 0.05) is 0 Å². The van der Waals surface area contributed by atoms with E-state index in [1.807, 2.05) is 23.6 Å². The van der Waals surface area contributed by atoms with Gasteiger partial charge in [-0.3, -0.25) is 5.32 Å². The molecule has 1 aromatic heterocycles. The maximum absolute atomic E-state index is 12.0. The van der Waals surface area contributed by atoms with Crippen LogP contribution in [0.3, 0.4) is 0 Å². The third-order valence-corrected chi connectivity index (χ3v) is 4.22. The highest BCUT2D eigenvalue weighted by Gasteiger charge is 2.21. The van der Waals surface area contributed by atoms with E-state index in [0.717, 1.165) is 24.3 Å². The minimum absolute atomic E-state index is 0.121. The number of urea groups is 1. The number of rotatable bonds is 2. The van der Waals surface area contributed by atoms with Crippen LogP contribution in [0, 0.1) is 0 Å². The largest absolute Gasteiger partial charge is 0.331 e. The van der Waals surface area contributed by atoms with E-state index in [-0.39, 0.29) is 12.1 Å². The number of amides is 2. The van der Waals surface area contributed by atoms with E-state index in [2.05, 4.69) is 28.8 Å². The second kappa shape index (κ2) is 5.45. The smallest absolute Gasteiger partial charge is 0.320 e. The van der Waals surface area contributed by atoms with Gasteiger partial charge < -0.3 is 5.32 Å². The molecule has 1 aromatic carbocycles. The normalized spacial score (nSPS) is 17.6. The van der Waals surface area contributed by atoms with Crippen LogP contribution in [-0.2, 0) is 6.42 Å². The third-order valence-electron chi connectivity index (χ3n) is 3.43. The predicted octanol–water partition coefficient (Wildman–Crippen LogP) is 3.95. The van der Waals surface area contributed by atoms with Gasteiger partial charge in [0.2, 0.25) is 0 Å². The molecule has 19 heavy (non-hydrogen) atoms. The van der Waals surface area contributed by atoms with Crippen molar-refractivity contribution in [1.82, 2.24) is 5.32 Å². The molecule has 1 aliphatic carbocycles. The van der Waals surface area contributed by atoms with Crippen LogP contribution >= 0.6 is 11.3 Å². The molecule has 1 aliphatic rings. The number of carbonyl (C=O) groups excluding carboxylic acids is 1. The van der Waals surface area contributed by atoms with Crippen molar-refractivity contribution in [2.75, 3.05) is 5.32 Å². The Morgan fingerprint density at radius 1 is 1.21 bits per heavy atom. The maximum atomic E-state index is 12.0. The Morgan fingerprint density at radius 2 is 2.11 bits per heavy atom. The lowest BCUT2D eigenvalue weighted by Crippen LogP contribution is -2.34. The first-order valence-electron chi connectivity index (χ1n) is 6.52. The van der Waals surface area contributed by atoms with E-state index in [9.17, 15) is 4.79 Å². The van der Waals surface area contributed by atoms with Gasteiger partial charge in [-0.25, -0.2) is 4.79 Å². The lowest BCUT2D eigenvalue weighted by atomic mass is 9.88. The maximum Gasteiger partial charge on any atom is 0.320 e. The van der Waals surface area contributed by atoms with Crippen molar-refractivity contribution in [3.63, 3.8) is 0 Å². The van der Waals surface area contributed by atoms with Gasteiger partial charge in [0.25, 0.3) is 0 Å². The van der Waals surface area contributed by atoms with E-state index in [0.29, 0.717) is 0 Å². The zero-order valence-electron chi connectivity index (χ0n) is 10.6. The molecule has 0 saturated heterocycles. The monoisotopic (exact) mass is 272 g/mol. The van der Waals surface area contributed by atoms with Crippen molar-refractivity contribution in [1.29, 1.82) is 0 Å². The molecule has 3 rings (SSSR count). The fraction of sp³-hybridized carbons (Fsp3) is 0.267. The number of fused-ring (bicyclic) bond motifs is 1. The van der Waals surface area contributed by atoms with E-state index < -0.39 is 0 Å². The van der Waals surface area contributed by atoms with Crippen LogP contribution in [0.25, 0.3) is 0 Å². The van der Waals surface area contributed by atoms with Gasteiger partial charge in [0.1, 0.15) is 0 Å². The molecule has 1 heterocycles. The number of aryl methyl sites for hydroxylation is 1. The summed E-state index contributed by atoms with van der Waals surface area (Å²) >= 11 is 1.53. The van der Waals surface area contributed by atoms with Crippen molar-refractivity contribution >= 4 is 22.4 Å². The second-order valence-corrected chi connectivity index (χ2v) is 5.67. The number of hydrogen-bond donors (Lipinski definition) is 2. The third kappa shape index (κ3) is 2.79. The molecule has 98 valence electrons. The second-order valence-electron chi connectivity index (χ2n) is 4.72. The average Bonchev–Trinajstić information content (AvgIpc) is 2.92. The van der Waals surface area contributed by atoms with Crippen LogP contribution in [-0.4, -0.2) is 6.03 Å². The Kier molecular flexibility index (Phi) is 3.51. The zero-order chi connectivity index (χ0) is 13.1. The van der Waals surface area contributed by atoms with Crippen molar-refractivity contribution in [2.45, 2.75) is 25.3 Å². The standard InChI is InChI=1S/C15H16N2OS/c18-15(17-14-9-4-10-19-14)16-13-8-3-6-11-5-1-2-7-12(11)13/h1-2,4-5,7,9-10,13H,3,6,8H2,(H2,16,17,18). The van der Waals surface area contributed by atoms with Gasteiger partial charge in [-0.1, -0.05) is 24.3 Å². The van der Waals surface area contributed by atoms with Gasteiger partial charge in [-0.05, 0) is 47.9 Å². The van der Waals surface area contributed by atoms with E-state index in [1.54, 1.807) is 0 Å². The lowest BCUT2D eigenvalue weighted by Gasteiger charge is -2.26. The first-order chi connectivity index (χ1) is 9.33. The molecule has 0 spiro atoms. The summed E-state index contributed by atoms with van der Waals surface area (Å²) in [6, 6.07) is 12.2. The lowest BCUT2D eigenvalue weighted by molar-refractivity contribution is 0.247. The summed E-state index contributed by atoms with van der Waals surface area (Å²) < 4.78 is 0. The van der Waals surface area contributed by atoms with Gasteiger partial charge in [-0.15, -0.1) is 11.3 Å². The van der Waals surface area contributed by atoms with Crippen molar-refractivity contribution in [2.24, 2.45) is 0 Å². The number of nitrogens with one attached hydrogen (secondary N) is 2. The Bertz CT molecular complexity index is 565. The van der Waals surface area contributed by atoms with Crippen LogP contribution in [0.1, 0.15) is 30.0 Å². The topological polar surface area (TPSA) is 41.1 Å². The molecule has 1 unspecified atom stereocenters. The number of anilines is 1. The number of thiophene rings is 1. The number of carbonyl (C=O) groups is 1. The minimum Gasteiger partial charge on any atom is -0.331 e. The van der Waals surface area contributed by atoms with Crippen molar-refractivity contribution < 1.29 is 4.79 Å². The fourth-order valence-electron chi connectivity index (χ4n) is 2.56. The molecule has 3 nitrogen and oxygen atoms in total. The van der Waals surface area contributed by atoms with Gasteiger partial charge >= 0.3 is 6.03 Å². The van der Waals surface area contributed by atoms with Crippen LogP contribution in [0.4, 0.5) is 9.80 Å². The van der Waals surface area contributed by atoms with E-state index in [4.69, 9.17) is 0 Å². The van der Waals surface area contributed by atoms with E-state index in [1.165, 1.54) is 22.5 Å². The summed E-state index contributed by atoms with van der Waals surface area (Å²) in [5.41, 5.74) is 2.62. The molecule has 4 heteroatoms. The molecule has 0 radical (unpaired) electrons. The Balaban J connectivity index is 1.69. The molecule has 2 aromatic rings. The van der Waals surface area contributed by atoms with Gasteiger partial charge in [0.05, 0.1) is 11.0 Å². The average molecular weight is 272 g/mol. The summed E-state index contributed by atoms with van der Waals surface area (Å²) in [4.78, 5) is 12.0. The summed E-state index contributed by atoms with van der Waals surface area (Å²) in [5, 5.41) is 8.76. The van der Waals surface area contributed by atoms with Crippen LogP contribution in [0.2, 0.25) is 0 Å². The highest BCUT2D eigenvalue weighted by Crippen LogP contribution is 2.29. The predicted molar refractivity (Wildman–Crippen MR) is 78.6 cm³/mol. The molecule has 0 aliphatic heterocycles. The highest BCUT2D eigenvalue weighted by atomic mass is 32.1. The van der Waals surface area contributed by atoms with Crippen molar-refractivity contribution in [3.05, 3.63) is 52.9 Å². The molecular formula is C15H16N2OS. The highest BCUT2D eigenvalue weighted by molar-refractivity contribution is 7.14. The van der Waals surface area contributed by atoms with Crippen LogP contribution in [0.5, 0.6) is 0 Å². The molecular weight excluding hydrogens is 256 g/mol. The summed E-state index contributed by atoms with van der Waals surface area (Å²) in [5.74, 6) is 0. The molecule has 2 N–H and O–H groups in total. The van der Waals surface area contributed by atoms with Gasteiger partial charge in [-0.2, -0.15) is 0 Å². The van der Waals surface area contributed by atoms with Crippen LogP contribution in [0.15, 0.2) is 41.8 Å². The molecule has 2 amide bonds. The minimum atomic E-state index is -0.121. The molecule has 0 bridgehead atoms. The van der Waals surface area contributed by atoms with Crippen LogP contribution < -0.4 is 10.6 Å². The number of benzene rings is 1.